The van der Waals surface area contributed by atoms with Gasteiger partial charge in [0, 0.05) is 17.4 Å². The van der Waals surface area contributed by atoms with Crippen LogP contribution >= 0.6 is 0 Å². The lowest BCUT2D eigenvalue weighted by Crippen LogP contribution is -2.41. The molecule has 2 bridgehead atoms. The summed E-state index contributed by atoms with van der Waals surface area (Å²) in [7, 11) is 0. The Morgan fingerprint density at radius 1 is 0.773 bits per heavy atom. The monoisotopic (exact) mass is 290 g/mol. The first-order valence-electron chi connectivity index (χ1n) is 7.96. The highest BCUT2D eigenvalue weighted by molar-refractivity contribution is 5.49. The molecule has 4 aliphatic rings. The minimum atomic E-state index is -0.239. The van der Waals surface area contributed by atoms with Crippen LogP contribution in [0.15, 0.2) is 60.7 Å². The van der Waals surface area contributed by atoms with Crippen LogP contribution < -0.4 is 0 Å². The van der Waals surface area contributed by atoms with Crippen molar-refractivity contribution in [3.05, 3.63) is 82.9 Å². The van der Waals surface area contributed by atoms with Crippen molar-refractivity contribution in [3.8, 4) is 0 Å². The second-order valence-corrected chi connectivity index (χ2v) is 6.51. The molecule has 0 saturated carbocycles. The Hall–Kier alpha value is -1.90. The van der Waals surface area contributed by atoms with Crippen LogP contribution in [0, 0.1) is 6.92 Å². The van der Waals surface area contributed by atoms with Crippen molar-refractivity contribution in [2.45, 2.75) is 37.3 Å². The molecule has 0 N–H and O–H groups in total. The van der Waals surface area contributed by atoms with Gasteiger partial charge in [-0.1, -0.05) is 66.2 Å². The SMILES string of the molecule is Cc1ccc2c(c1)C1C=CC2C2OC(c3ccccc3)OC12. The summed E-state index contributed by atoms with van der Waals surface area (Å²) < 4.78 is 12.6. The van der Waals surface area contributed by atoms with Gasteiger partial charge in [0.15, 0.2) is 6.29 Å². The van der Waals surface area contributed by atoms with Gasteiger partial charge in [-0.2, -0.15) is 0 Å². The van der Waals surface area contributed by atoms with Gasteiger partial charge in [0.2, 0.25) is 0 Å². The maximum absolute atomic E-state index is 6.31. The maximum atomic E-state index is 6.31. The van der Waals surface area contributed by atoms with Crippen LogP contribution in [0.3, 0.4) is 0 Å². The first-order chi connectivity index (χ1) is 10.8. The van der Waals surface area contributed by atoms with Crippen LogP contribution in [0.25, 0.3) is 0 Å². The number of rotatable bonds is 1. The zero-order valence-electron chi connectivity index (χ0n) is 12.5. The summed E-state index contributed by atoms with van der Waals surface area (Å²) in [6, 6.07) is 17.0. The molecule has 3 aliphatic carbocycles. The summed E-state index contributed by atoms with van der Waals surface area (Å²) in [6.45, 7) is 2.16. The van der Waals surface area contributed by atoms with Gasteiger partial charge in [-0.25, -0.2) is 0 Å². The molecular weight excluding hydrogens is 272 g/mol. The predicted molar refractivity (Wildman–Crippen MR) is 84.7 cm³/mol. The van der Waals surface area contributed by atoms with E-state index in [0.29, 0.717) is 11.8 Å². The van der Waals surface area contributed by atoms with Gasteiger partial charge < -0.3 is 9.47 Å². The van der Waals surface area contributed by atoms with E-state index in [1.54, 1.807) is 0 Å². The molecule has 2 heteroatoms. The number of benzene rings is 2. The maximum Gasteiger partial charge on any atom is 0.184 e. The van der Waals surface area contributed by atoms with E-state index in [1.807, 2.05) is 18.2 Å². The third-order valence-electron chi connectivity index (χ3n) is 5.15. The molecule has 2 aromatic carbocycles. The Bertz CT molecular complexity index is 750. The second kappa shape index (κ2) is 4.55. The molecule has 110 valence electrons. The lowest BCUT2D eigenvalue weighted by Gasteiger charge is -2.40. The molecule has 0 aromatic heterocycles. The van der Waals surface area contributed by atoms with E-state index in [0.717, 1.165) is 5.56 Å². The van der Waals surface area contributed by atoms with E-state index in [4.69, 9.17) is 9.47 Å². The zero-order chi connectivity index (χ0) is 14.7. The van der Waals surface area contributed by atoms with Crippen molar-refractivity contribution >= 4 is 0 Å². The van der Waals surface area contributed by atoms with Crippen molar-refractivity contribution in [1.82, 2.24) is 0 Å². The van der Waals surface area contributed by atoms with Gasteiger partial charge in [-0.15, -0.1) is 0 Å². The van der Waals surface area contributed by atoms with E-state index in [2.05, 4.69) is 49.4 Å². The van der Waals surface area contributed by atoms with Crippen LogP contribution in [0.1, 0.15) is 40.4 Å². The van der Waals surface area contributed by atoms with Crippen LogP contribution in [-0.2, 0) is 9.47 Å². The molecule has 5 atom stereocenters. The lowest BCUT2D eigenvalue weighted by molar-refractivity contribution is -0.0693. The number of ether oxygens (including phenoxy) is 2. The quantitative estimate of drug-likeness (QED) is 0.732. The highest BCUT2D eigenvalue weighted by atomic mass is 16.7. The molecule has 1 heterocycles. The molecule has 0 amide bonds. The predicted octanol–water partition coefficient (Wildman–Crippen LogP) is 4.23. The van der Waals surface area contributed by atoms with E-state index >= 15 is 0 Å². The Balaban J connectivity index is 1.54. The molecule has 1 saturated heterocycles. The zero-order valence-corrected chi connectivity index (χ0v) is 12.5. The van der Waals surface area contributed by atoms with Crippen LogP contribution in [0.5, 0.6) is 0 Å². The minimum absolute atomic E-state index is 0.134. The molecule has 2 aromatic rings. The number of aryl methyl sites for hydroxylation is 1. The van der Waals surface area contributed by atoms with Gasteiger partial charge in [0.25, 0.3) is 0 Å². The van der Waals surface area contributed by atoms with Crippen LogP contribution in [0.2, 0.25) is 0 Å². The smallest absolute Gasteiger partial charge is 0.184 e. The first-order valence-corrected chi connectivity index (χ1v) is 7.96. The third-order valence-corrected chi connectivity index (χ3v) is 5.15. The number of hydrogen-bond donors (Lipinski definition) is 0. The van der Waals surface area contributed by atoms with Crippen LogP contribution in [-0.4, -0.2) is 12.2 Å². The molecule has 6 rings (SSSR count). The second-order valence-electron chi connectivity index (χ2n) is 6.51. The van der Waals surface area contributed by atoms with Gasteiger partial charge >= 0.3 is 0 Å². The molecule has 2 nitrogen and oxygen atoms in total. The minimum Gasteiger partial charge on any atom is -0.341 e. The Kier molecular flexibility index (Phi) is 2.61. The van der Waals surface area contributed by atoms with Crippen molar-refractivity contribution in [2.24, 2.45) is 0 Å². The molecule has 1 fully saturated rings. The van der Waals surface area contributed by atoms with Gasteiger partial charge in [-0.3, -0.25) is 0 Å². The van der Waals surface area contributed by atoms with Gasteiger partial charge in [0.1, 0.15) is 0 Å². The molecular formula is C20H18O2. The third kappa shape index (κ3) is 1.68. The first kappa shape index (κ1) is 12.6. The van der Waals surface area contributed by atoms with Crippen molar-refractivity contribution < 1.29 is 9.47 Å². The fourth-order valence-corrected chi connectivity index (χ4v) is 4.12. The molecule has 5 unspecified atom stereocenters. The average Bonchev–Trinajstić information content (AvgIpc) is 3.02. The standard InChI is InChI=1S/C20H18O2/c1-12-7-8-14-15-9-10-16(17(14)11-12)19-18(15)21-20(22-19)13-5-3-2-4-6-13/h2-11,15-16,18-20H,1H3. The molecule has 1 aliphatic heterocycles. The Labute approximate surface area is 130 Å². The fourth-order valence-electron chi connectivity index (χ4n) is 4.12. The average molecular weight is 290 g/mol. The lowest BCUT2D eigenvalue weighted by atomic mass is 9.68. The fraction of sp³-hybridized carbons (Fsp3) is 0.300. The van der Waals surface area contributed by atoms with E-state index in [-0.39, 0.29) is 18.5 Å². The van der Waals surface area contributed by atoms with E-state index < -0.39 is 0 Å². The largest absolute Gasteiger partial charge is 0.341 e. The van der Waals surface area contributed by atoms with E-state index in [9.17, 15) is 0 Å². The van der Waals surface area contributed by atoms with Gasteiger partial charge in [0.05, 0.1) is 12.2 Å². The number of hydrogen-bond acceptors (Lipinski definition) is 2. The Morgan fingerprint density at radius 2 is 1.45 bits per heavy atom. The summed E-state index contributed by atoms with van der Waals surface area (Å²) in [6.07, 6.45) is 4.64. The van der Waals surface area contributed by atoms with Gasteiger partial charge in [-0.05, 0) is 18.1 Å². The summed E-state index contributed by atoms with van der Waals surface area (Å²) >= 11 is 0. The van der Waals surface area contributed by atoms with E-state index in [1.165, 1.54) is 16.7 Å². The van der Waals surface area contributed by atoms with Crippen LogP contribution in [0.4, 0.5) is 0 Å². The topological polar surface area (TPSA) is 18.5 Å². The summed E-state index contributed by atoms with van der Waals surface area (Å²) in [4.78, 5) is 0. The summed E-state index contributed by atoms with van der Waals surface area (Å²) in [5.41, 5.74) is 5.26. The van der Waals surface area contributed by atoms with Crippen molar-refractivity contribution in [2.75, 3.05) is 0 Å². The molecule has 0 radical (unpaired) electrons. The molecule has 0 spiro atoms. The summed E-state index contributed by atoms with van der Waals surface area (Å²) in [5, 5.41) is 0. The Morgan fingerprint density at radius 3 is 2.18 bits per heavy atom. The van der Waals surface area contributed by atoms with Crippen molar-refractivity contribution in [1.29, 1.82) is 0 Å². The molecule has 22 heavy (non-hydrogen) atoms. The summed E-state index contributed by atoms with van der Waals surface area (Å²) in [5.74, 6) is 0.637. The normalized spacial score (nSPS) is 34.5. The highest BCUT2D eigenvalue weighted by Crippen LogP contribution is 2.53. The highest BCUT2D eigenvalue weighted by Gasteiger charge is 2.51. The van der Waals surface area contributed by atoms with Crippen molar-refractivity contribution in [3.63, 3.8) is 0 Å².